The summed E-state index contributed by atoms with van der Waals surface area (Å²) in [6, 6.07) is 10.0. The van der Waals surface area contributed by atoms with E-state index in [9.17, 15) is 14.7 Å². The van der Waals surface area contributed by atoms with E-state index in [0.29, 0.717) is 5.56 Å². The smallest absolute Gasteiger partial charge is 0.315 e. The lowest BCUT2D eigenvalue weighted by atomic mass is 9.82. The summed E-state index contributed by atoms with van der Waals surface area (Å²) >= 11 is 0. The van der Waals surface area contributed by atoms with Gasteiger partial charge in [-0.3, -0.25) is 9.59 Å². The molecule has 7 nitrogen and oxygen atoms in total. The lowest BCUT2D eigenvalue weighted by molar-refractivity contribution is -0.142. The number of carbonyl (C=O) groups excluding carboxylic acids is 1. The summed E-state index contributed by atoms with van der Waals surface area (Å²) in [4.78, 5) is 23.6. The van der Waals surface area contributed by atoms with Gasteiger partial charge < -0.3 is 19.7 Å². The molecule has 1 atom stereocenters. The highest BCUT2D eigenvalue weighted by Crippen LogP contribution is 2.23. The first-order chi connectivity index (χ1) is 10.5. The van der Waals surface area contributed by atoms with Crippen LogP contribution >= 0.6 is 0 Å². The van der Waals surface area contributed by atoms with E-state index in [0.717, 1.165) is 0 Å². The largest absolute Gasteiger partial charge is 0.481 e. The molecule has 2 aromatic rings. The monoisotopic (exact) mass is 304 g/mol. The van der Waals surface area contributed by atoms with Crippen LogP contribution in [0.4, 0.5) is 0 Å². The van der Waals surface area contributed by atoms with Crippen molar-refractivity contribution >= 4 is 11.9 Å². The van der Waals surface area contributed by atoms with Crippen LogP contribution < -0.4 is 10.1 Å². The summed E-state index contributed by atoms with van der Waals surface area (Å²) in [5, 5.41) is 15.6. The van der Waals surface area contributed by atoms with Crippen LogP contribution in [0.3, 0.4) is 0 Å². The van der Waals surface area contributed by atoms with Crippen molar-refractivity contribution in [3.8, 4) is 5.88 Å². The molecule has 0 radical (unpaired) electrons. The Hall–Kier alpha value is -2.83. The highest BCUT2D eigenvalue weighted by atomic mass is 16.5. The van der Waals surface area contributed by atoms with E-state index in [-0.39, 0.29) is 18.2 Å². The average molecular weight is 304 g/mol. The second-order valence-corrected chi connectivity index (χ2v) is 4.92. The standard InChI is InChI=1S/C15H16N2O5/c1-15(14(19)20,10-6-4-3-5-7-10)9-16-13(18)11-8-12(21-2)17-22-11/h3-8H,9H2,1-2H3,(H,16,18)(H,19,20). The zero-order chi connectivity index (χ0) is 16.2. The third-order valence-corrected chi connectivity index (χ3v) is 3.41. The zero-order valence-electron chi connectivity index (χ0n) is 12.2. The molecule has 7 heteroatoms. The van der Waals surface area contributed by atoms with Gasteiger partial charge in [-0.1, -0.05) is 30.3 Å². The number of carboxylic acids is 1. The van der Waals surface area contributed by atoms with E-state index >= 15 is 0 Å². The molecule has 2 rings (SSSR count). The molecule has 0 aliphatic carbocycles. The van der Waals surface area contributed by atoms with Crippen molar-refractivity contribution in [1.29, 1.82) is 0 Å². The molecule has 0 aliphatic rings. The minimum absolute atomic E-state index is 0.0438. The molecule has 22 heavy (non-hydrogen) atoms. The fourth-order valence-corrected chi connectivity index (χ4v) is 1.91. The van der Waals surface area contributed by atoms with Gasteiger partial charge in [-0.2, -0.15) is 0 Å². The normalized spacial score (nSPS) is 13.2. The predicted octanol–water partition coefficient (Wildman–Crippen LogP) is 1.46. The summed E-state index contributed by atoms with van der Waals surface area (Å²) in [6.07, 6.45) is 0. The molecule has 2 N–H and O–H groups in total. The predicted molar refractivity (Wildman–Crippen MR) is 76.8 cm³/mol. The van der Waals surface area contributed by atoms with Crippen LogP contribution in [0.25, 0.3) is 0 Å². The van der Waals surface area contributed by atoms with E-state index in [2.05, 4.69) is 10.5 Å². The Kier molecular flexibility index (Phi) is 4.45. The van der Waals surface area contributed by atoms with Crippen LogP contribution in [-0.2, 0) is 10.2 Å². The highest BCUT2D eigenvalue weighted by Gasteiger charge is 2.35. The molecular weight excluding hydrogens is 288 g/mol. The van der Waals surface area contributed by atoms with Crippen LogP contribution in [0.5, 0.6) is 5.88 Å². The third-order valence-electron chi connectivity index (χ3n) is 3.41. The van der Waals surface area contributed by atoms with Gasteiger partial charge in [-0.05, 0) is 17.6 Å². The fraction of sp³-hybridized carbons (Fsp3) is 0.267. The Bertz CT molecular complexity index is 668. The number of hydrogen-bond donors (Lipinski definition) is 2. The lowest BCUT2D eigenvalue weighted by Crippen LogP contribution is -2.44. The van der Waals surface area contributed by atoms with Crippen molar-refractivity contribution in [2.24, 2.45) is 0 Å². The molecule has 1 unspecified atom stereocenters. The summed E-state index contributed by atoms with van der Waals surface area (Å²) in [7, 11) is 1.40. The lowest BCUT2D eigenvalue weighted by Gasteiger charge is -2.25. The number of benzene rings is 1. The van der Waals surface area contributed by atoms with Gasteiger partial charge in [0.1, 0.15) is 5.41 Å². The van der Waals surface area contributed by atoms with Crippen molar-refractivity contribution in [1.82, 2.24) is 10.5 Å². The number of amides is 1. The molecule has 1 aromatic carbocycles. The number of aromatic nitrogens is 1. The zero-order valence-corrected chi connectivity index (χ0v) is 12.2. The highest BCUT2D eigenvalue weighted by molar-refractivity contribution is 5.92. The van der Waals surface area contributed by atoms with Crippen LogP contribution in [0, 0.1) is 0 Å². The second kappa shape index (κ2) is 6.30. The van der Waals surface area contributed by atoms with E-state index in [1.807, 2.05) is 0 Å². The van der Waals surface area contributed by atoms with E-state index in [4.69, 9.17) is 9.26 Å². The maximum Gasteiger partial charge on any atom is 0.315 e. The molecule has 1 aromatic heterocycles. The molecule has 0 spiro atoms. The Balaban J connectivity index is 2.12. The van der Waals surface area contributed by atoms with Crippen molar-refractivity contribution in [2.75, 3.05) is 13.7 Å². The van der Waals surface area contributed by atoms with Crippen LogP contribution in [0.1, 0.15) is 23.0 Å². The summed E-state index contributed by atoms with van der Waals surface area (Å²) in [5.74, 6) is -1.46. The Morgan fingerprint density at radius 2 is 2.05 bits per heavy atom. The SMILES string of the molecule is COc1cc(C(=O)NCC(C)(C(=O)O)c2ccccc2)on1. The topological polar surface area (TPSA) is 102 Å². The third kappa shape index (κ3) is 3.08. The molecule has 1 heterocycles. The summed E-state index contributed by atoms with van der Waals surface area (Å²) in [5.41, 5.74) is -0.654. The fourth-order valence-electron chi connectivity index (χ4n) is 1.91. The number of aliphatic carboxylic acids is 1. The first-order valence-electron chi connectivity index (χ1n) is 6.55. The summed E-state index contributed by atoms with van der Waals surface area (Å²) < 4.78 is 9.63. The molecule has 0 saturated heterocycles. The first kappa shape index (κ1) is 15.6. The Morgan fingerprint density at radius 3 is 2.59 bits per heavy atom. The van der Waals surface area contributed by atoms with Crippen molar-refractivity contribution in [3.05, 3.63) is 47.7 Å². The van der Waals surface area contributed by atoms with Gasteiger partial charge in [0.2, 0.25) is 5.76 Å². The van der Waals surface area contributed by atoms with Gasteiger partial charge in [-0.25, -0.2) is 0 Å². The molecule has 0 bridgehead atoms. The minimum atomic E-state index is -1.25. The number of hydrogen-bond acceptors (Lipinski definition) is 5. The van der Waals surface area contributed by atoms with Crippen LogP contribution in [-0.4, -0.2) is 35.8 Å². The second-order valence-electron chi connectivity index (χ2n) is 4.92. The molecular formula is C15H16N2O5. The van der Waals surface area contributed by atoms with Gasteiger partial charge in [-0.15, -0.1) is 0 Å². The van der Waals surface area contributed by atoms with Gasteiger partial charge >= 0.3 is 5.97 Å². The molecule has 0 saturated carbocycles. The number of methoxy groups -OCH3 is 1. The maximum absolute atomic E-state index is 12.0. The minimum Gasteiger partial charge on any atom is -0.481 e. The number of carboxylic acid groups (broad SMARTS) is 1. The van der Waals surface area contributed by atoms with Crippen LogP contribution in [0.2, 0.25) is 0 Å². The van der Waals surface area contributed by atoms with Crippen molar-refractivity contribution < 1.29 is 24.0 Å². The van der Waals surface area contributed by atoms with Gasteiger partial charge in [0.25, 0.3) is 11.8 Å². The van der Waals surface area contributed by atoms with Crippen molar-refractivity contribution in [2.45, 2.75) is 12.3 Å². The number of carbonyl (C=O) groups is 2. The molecule has 116 valence electrons. The van der Waals surface area contributed by atoms with Gasteiger partial charge in [0.05, 0.1) is 13.2 Å². The quantitative estimate of drug-likeness (QED) is 0.837. The van der Waals surface area contributed by atoms with Gasteiger partial charge in [0, 0.05) is 6.54 Å². The summed E-state index contributed by atoms with van der Waals surface area (Å²) in [6.45, 7) is 1.46. The molecule has 0 fully saturated rings. The van der Waals surface area contributed by atoms with Crippen LogP contribution in [0.15, 0.2) is 40.9 Å². The van der Waals surface area contributed by atoms with Gasteiger partial charge in [0.15, 0.2) is 0 Å². The van der Waals surface area contributed by atoms with Crippen molar-refractivity contribution in [3.63, 3.8) is 0 Å². The molecule has 0 aliphatic heterocycles. The first-order valence-corrected chi connectivity index (χ1v) is 6.55. The van der Waals surface area contributed by atoms with E-state index in [1.54, 1.807) is 37.3 Å². The number of ether oxygens (including phenoxy) is 1. The Labute approximate surface area is 126 Å². The van der Waals surface area contributed by atoms with E-state index in [1.165, 1.54) is 13.2 Å². The average Bonchev–Trinajstić information content (AvgIpc) is 3.02. The van der Waals surface area contributed by atoms with E-state index < -0.39 is 17.3 Å². The number of rotatable bonds is 6. The number of nitrogens with one attached hydrogen (secondary N) is 1. The molecule has 1 amide bonds. The maximum atomic E-state index is 12.0. The Morgan fingerprint density at radius 1 is 1.36 bits per heavy atom. The number of nitrogens with zero attached hydrogens (tertiary/aromatic N) is 1.